The normalized spacial score (nSPS) is 31.2. The van der Waals surface area contributed by atoms with Gasteiger partial charge in [0.05, 0.1) is 0 Å². The standard InChI is InChI=1S/C8H15N2/c1-2-5-8(4-1)6-3-7-9-10-8/h1,9-10H,2-7H2. The maximum Gasteiger partial charge on any atom is 0.0327 e. The van der Waals surface area contributed by atoms with Crippen molar-refractivity contribution in [3.05, 3.63) is 6.42 Å². The van der Waals surface area contributed by atoms with E-state index in [0.717, 1.165) is 6.54 Å². The first-order valence-electron chi connectivity index (χ1n) is 4.23. The molecule has 1 unspecified atom stereocenters. The van der Waals surface area contributed by atoms with Crippen LogP contribution in [0.3, 0.4) is 0 Å². The Hall–Kier alpha value is -0.0800. The second-order valence-electron chi connectivity index (χ2n) is 3.47. The first-order chi connectivity index (χ1) is 4.91. The Morgan fingerprint density at radius 2 is 2.30 bits per heavy atom. The Kier molecular flexibility index (Phi) is 1.66. The number of nitrogens with one attached hydrogen (secondary N) is 2. The van der Waals surface area contributed by atoms with E-state index < -0.39 is 0 Å². The molecule has 0 bridgehead atoms. The molecule has 2 nitrogen and oxygen atoms in total. The molecule has 1 spiro atoms. The molecule has 0 aromatic carbocycles. The van der Waals surface area contributed by atoms with Gasteiger partial charge in [-0.05, 0) is 38.5 Å². The van der Waals surface area contributed by atoms with Crippen LogP contribution in [0.1, 0.15) is 32.1 Å². The van der Waals surface area contributed by atoms with Gasteiger partial charge in [-0.2, -0.15) is 0 Å². The number of hydrazine groups is 1. The van der Waals surface area contributed by atoms with Crippen LogP contribution in [0.5, 0.6) is 0 Å². The van der Waals surface area contributed by atoms with Crippen LogP contribution in [-0.4, -0.2) is 12.1 Å². The molecular formula is C8H15N2. The molecule has 2 fully saturated rings. The summed E-state index contributed by atoms with van der Waals surface area (Å²) in [6.45, 7) is 1.14. The van der Waals surface area contributed by atoms with Crippen LogP contribution in [0, 0.1) is 6.42 Å². The first-order valence-corrected chi connectivity index (χ1v) is 4.23. The molecule has 1 heterocycles. The van der Waals surface area contributed by atoms with E-state index in [9.17, 15) is 0 Å². The second-order valence-corrected chi connectivity index (χ2v) is 3.47. The van der Waals surface area contributed by atoms with Crippen molar-refractivity contribution in [1.82, 2.24) is 10.9 Å². The van der Waals surface area contributed by atoms with Gasteiger partial charge >= 0.3 is 0 Å². The Labute approximate surface area is 62.4 Å². The lowest BCUT2D eigenvalue weighted by molar-refractivity contribution is 0.223. The second kappa shape index (κ2) is 2.51. The van der Waals surface area contributed by atoms with E-state index in [1.54, 1.807) is 0 Å². The molecular weight excluding hydrogens is 124 g/mol. The lowest BCUT2D eigenvalue weighted by Gasteiger charge is -2.34. The number of rotatable bonds is 0. The molecule has 1 radical (unpaired) electrons. The molecule has 2 heteroatoms. The average Bonchev–Trinajstić information content (AvgIpc) is 2.39. The highest BCUT2D eigenvalue weighted by Crippen LogP contribution is 2.33. The van der Waals surface area contributed by atoms with E-state index in [0.29, 0.717) is 5.54 Å². The van der Waals surface area contributed by atoms with Gasteiger partial charge in [0.25, 0.3) is 0 Å². The summed E-state index contributed by atoms with van der Waals surface area (Å²) < 4.78 is 0. The first kappa shape index (κ1) is 6.62. The molecule has 2 rings (SSSR count). The van der Waals surface area contributed by atoms with Crippen LogP contribution in [0.2, 0.25) is 0 Å². The highest BCUT2D eigenvalue weighted by molar-refractivity contribution is 5.00. The van der Waals surface area contributed by atoms with E-state index in [2.05, 4.69) is 17.3 Å². The van der Waals surface area contributed by atoms with Gasteiger partial charge in [-0.3, -0.25) is 10.9 Å². The van der Waals surface area contributed by atoms with Gasteiger partial charge < -0.3 is 0 Å². The Balaban J connectivity index is 1.98. The van der Waals surface area contributed by atoms with Crippen molar-refractivity contribution in [1.29, 1.82) is 0 Å². The smallest absolute Gasteiger partial charge is 0.0327 e. The van der Waals surface area contributed by atoms with Crippen molar-refractivity contribution in [3.8, 4) is 0 Å². The Morgan fingerprint density at radius 1 is 1.30 bits per heavy atom. The Bertz CT molecular complexity index is 108. The van der Waals surface area contributed by atoms with Gasteiger partial charge in [0.1, 0.15) is 0 Å². The van der Waals surface area contributed by atoms with E-state index >= 15 is 0 Å². The molecule has 1 atom stereocenters. The van der Waals surface area contributed by atoms with Gasteiger partial charge in [0.15, 0.2) is 0 Å². The van der Waals surface area contributed by atoms with Crippen molar-refractivity contribution < 1.29 is 0 Å². The third kappa shape index (κ3) is 1.06. The third-order valence-electron chi connectivity index (χ3n) is 2.67. The molecule has 0 aromatic rings. The molecule has 1 aliphatic carbocycles. The molecule has 57 valence electrons. The average molecular weight is 139 g/mol. The minimum atomic E-state index is 0.457. The monoisotopic (exact) mass is 139 g/mol. The van der Waals surface area contributed by atoms with Crippen molar-refractivity contribution >= 4 is 0 Å². The predicted molar refractivity (Wildman–Crippen MR) is 41.3 cm³/mol. The van der Waals surface area contributed by atoms with Crippen molar-refractivity contribution in [2.45, 2.75) is 37.6 Å². The summed E-state index contributed by atoms with van der Waals surface area (Å²) in [6, 6.07) is 0. The minimum absolute atomic E-state index is 0.457. The highest BCUT2D eigenvalue weighted by atomic mass is 15.4. The largest absolute Gasteiger partial charge is 0.257 e. The van der Waals surface area contributed by atoms with Crippen LogP contribution in [0.15, 0.2) is 0 Å². The predicted octanol–water partition coefficient (Wildman–Crippen LogP) is 1.00. The summed E-state index contributed by atoms with van der Waals surface area (Å²) in [5, 5.41) is 0. The summed E-state index contributed by atoms with van der Waals surface area (Å²) in [7, 11) is 0. The lowest BCUT2D eigenvalue weighted by Crippen LogP contribution is -2.54. The molecule has 2 N–H and O–H groups in total. The van der Waals surface area contributed by atoms with E-state index in [1.807, 2.05) is 0 Å². The summed E-state index contributed by atoms with van der Waals surface area (Å²) in [4.78, 5) is 0. The molecule has 1 aliphatic heterocycles. The van der Waals surface area contributed by atoms with E-state index in [-0.39, 0.29) is 0 Å². The maximum absolute atomic E-state index is 3.41. The number of hydrogen-bond donors (Lipinski definition) is 2. The summed E-state index contributed by atoms with van der Waals surface area (Å²) in [6.07, 6.45) is 8.99. The van der Waals surface area contributed by atoms with Crippen LogP contribution >= 0.6 is 0 Å². The van der Waals surface area contributed by atoms with Gasteiger partial charge in [-0.25, -0.2) is 0 Å². The fourth-order valence-electron chi connectivity index (χ4n) is 2.03. The number of hydrogen-bond acceptors (Lipinski definition) is 2. The molecule has 2 aliphatic rings. The summed E-state index contributed by atoms with van der Waals surface area (Å²) in [5.41, 5.74) is 7.12. The third-order valence-corrected chi connectivity index (χ3v) is 2.67. The van der Waals surface area contributed by atoms with Gasteiger partial charge in [-0.15, -0.1) is 0 Å². The minimum Gasteiger partial charge on any atom is -0.257 e. The zero-order valence-electron chi connectivity index (χ0n) is 6.32. The summed E-state index contributed by atoms with van der Waals surface area (Å²) in [5.74, 6) is 0. The van der Waals surface area contributed by atoms with Crippen LogP contribution < -0.4 is 10.9 Å². The lowest BCUT2D eigenvalue weighted by atomic mass is 9.91. The molecule has 1 saturated carbocycles. The van der Waals surface area contributed by atoms with Gasteiger partial charge in [0.2, 0.25) is 0 Å². The van der Waals surface area contributed by atoms with Crippen LogP contribution in [0.25, 0.3) is 0 Å². The van der Waals surface area contributed by atoms with Crippen molar-refractivity contribution in [3.63, 3.8) is 0 Å². The van der Waals surface area contributed by atoms with Crippen molar-refractivity contribution in [2.75, 3.05) is 6.54 Å². The Morgan fingerprint density at radius 3 is 2.90 bits per heavy atom. The fourth-order valence-corrected chi connectivity index (χ4v) is 2.03. The van der Waals surface area contributed by atoms with Crippen LogP contribution in [0.4, 0.5) is 0 Å². The summed E-state index contributed by atoms with van der Waals surface area (Å²) >= 11 is 0. The molecule has 1 saturated heterocycles. The van der Waals surface area contributed by atoms with Crippen molar-refractivity contribution in [2.24, 2.45) is 0 Å². The van der Waals surface area contributed by atoms with Crippen LogP contribution in [-0.2, 0) is 0 Å². The SMILES string of the molecule is [CH]1CCC2(C1)CCCNN2. The molecule has 0 amide bonds. The van der Waals surface area contributed by atoms with E-state index in [1.165, 1.54) is 32.1 Å². The quantitative estimate of drug-likeness (QED) is 0.523. The maximum atomic E-state index is 3.41. The van der Waals surface area contributed by atoms with Gasteiger partial charge in [-0.1, -0.05) is 0 Å². The molecule has 0 aromatic heterocycles. The zero-order valence-corrected chi connectivity index (χ0v) is 6.32. The zero-order chi connectivity index (χ0) is 6.86. The highest BCUT2D eigenvalue weighted by Gasteiger charge is 2.34. The molecule has 10 heavy (non-hydrogen) atoms. The topological polar surface area (TPSA) is 24.1 Å². The van der Waals surface area contributed by atoms with E-state index in [4.69, 9.17) is 0 Å². The fraction of sp³-hybridized carbons (Fsp3) is 0.875. The van der Waals surface area contributed by atoms with Gasteiger partial charge in [0, 0.05) is 12.1 Å².